The van der Waals surface area contributed by atoms with Crippen LogP contribution in [0, 0.1) is 6.92 Å². The molecule has 1 aromatic heterocycles. The van der Waals surface area contributed by atoms with E-state index in [0.717, 1.165) is 23.4 Å². The van der Waals surface area contributed by atoms with Crippen LogP contribution in [0.1, 0.15) is 34.2 Å². The van der Waals surface area contributed by atoms with Gasteiger partial charge in [0.15, 0.2) is 0 Å². The Morgan fingerprint density at radius 1 is 0.962 bits per heavy atom. The van der Waals surface area contributed by atoms with Crippen LogP contribution in [0.4, 0.5) is 11.6 Å². The summed E-state index contributed by atoms with van der Waals surface area (Å²) in [5, 5.41) is 6.05. The van der Waals surface area contributed by atoms with Gasteiger partial charge in [-0.15, -0.1) is 0 Å². The first-order valence-corrected chi connectivity index (χ1v) is 8.68. The van der Waals surface area contributed by atoms with E-state index in [1.165, 1.54) is 5.56 Å². The van der Waals surface area contributed by atoms with E-state index in [1.54, 1.807) is 6.07 Å². The summed E-state index contributed by atoms with van der Waals surface area (Å²) in [5.74, 6) is 0.197. The molecule has 3 aromatic rings. The maximum Gasteiger partial charge on any atom is 0.270 e. The van der Waals surface area contributed by atoms with E-state index in [2.05, 4.69) is 39.7 Å². The van der Waals surface area contributed by atoms with Crippen molar-refractivity contribution in [3.05, 3.63) is 83.2 Å². The molecule has 1 heterocycles. The fraction of sp³-hybridized carbons (Fsp3) is 0.190. The molecule has 0 radical (unpaired) electrons. The van der Waals surface area contributed by atoms with Crippen LogP contribution in [-0.4, -0.2) is 15.9 Å². The number of benzene rings is 2. The number of carbonyl (C=O) groups is 1. The van der Waals surface area contributed by atoms with Gasteiger partial charge in [0, 0.05) is 17.9 Å². The Morgan fingerprint density at radius 2 is 1.69 bits per heavy atom. The lowest BCUT2D eigenvalue weighted by atomic mass is 10.1. The van der Waals surface area contributed by atoms with E-state index in [9.17, 15) is 4.79 Å². The topological polar surface area (TPSA) is 66.9 Å². The minimum atomic E-state index is -0.219. The quantitative estimate of drug-likeness (QED) is 0.707. The van der Waals surface area contributed by atoms with Gasteiger partial charge in [0.25, 0.3) is 5.91 Å². The molecule has 5 nitrogen and oxygen atoms in total. The molecule has 1 amide bonds. The summed E-state index contributed by atoms with van der Waals surface area (Å²) in [6, 6.07) is 19.6. The van der Waals surface area contributed by atoms with Crippen LogP contribution in [-0.2, 0) is 13.0 Å². The second-order valence-electron chi connectivity index (χ2n) is 6.06. The molecule has 26 heavy (non-hydrogen) atoms. The van der Waals surface area contributed by atoms with Crippen molar-refractivity contribution in [2.45, 2.75) is 26.8 Å². The summed E-state index contributed by atoms with van der Waals surface area (Å²) in [6.07, 6.45) is 0.993. The van der Waals surface area contributed by atoms with Crippen LogP contribution in [0.2, 0.25) is 0 Å². The number of aryl methyl sites for hydroxylation is 2. The SMILES string of the molecule is CCc1ccc(Nc2nc(C)cc(C(=O)NCc3ccccc3)n2)cc1. The molecule has 0 saturated heterocycles. The molecule has 0 aliphatic carbocycles. The highest BCUT2D eigenvalue weighted by Gasteiger charge is 2.10. The van der Waals surface area contributed by atoms with Gasteiger partial charge >= 0.3 is 0 Å². The second kappa shape index (κ2) is 8.25. The van der Waals surface area contributed by atoms with Gasteiger partial charge in [0.05, 0.1) is 0 Å². The summed E-state index contributed by atoms with van der Waals surface area (Å²) in [7, 11) is 0. The summed E-state index contributed by atoms with van der Waals surface area (Å²) < 4.78 is 0. The molecular formula is C21H22N4O. The van der Waals surface area contributed by atoms with Crippen LogP contribution >= 0.6 is 0 Å². The summed E-state index contributed by atoms with van der Waals surface area (Å²) in [5.41, 5.74) is 4.28. The van der Waals surface area contributed by atoms with Crippen molar-refractivity contribution in [3.63, 3.8) is 0 Å². The molecule has 0 bridgehead atoms. The Balaban J connectivity index is 1.70. The minimum absolute atomic E-state index is 0.219. The number of hydrogen-bond donors (Lipinski definition) is 2. The Labute approximate surface area is 153 Å². The monoisotopic (exact) mass is 346 g/mol. The Hall–Kier alpha value is -3.21. The summed E-state index contributed by atoms with van der Waals surface area (Å²) in [4.78, 5) is 21.1. The average Bonchev–Trinajstić information content (AvgIpc) is 2.67. The molecule has 132 valence electrons. The third-order valence-electron chi connectivity index (χ3n) is 4.00. The zero-order chi connectivity index (χ0) is 18.4. The Bertz CT molecular complexity index is 876. The molecule has 0 fully saturated rings. The first kappa shape index (κ1) is 17.6. The summed E-state index contributed by atoms with van der Waals surface area (Å²) >= 11 is 0. The van der Waals surface area contributed by atoms with Crippen molar-refractivity contribution in [1.82, 2.24) is 15.3 Å². The third-order valence-corrected chi connectivity index (χ3v) is 4.00. The van der Waals surface area contributed by atoms with Gasteiger partial charge in [-0.1, -0.05) is 49.4 Å². The number of nitrogens with one attached hydrogen (secondary N) is 2. The fourth-order valence-corrected chi connectivity index (χ4v) is 2.56. The number of nitrogens with zero attached hydrogens (tertiary/aromatic N) is 2. The van der Waals surface area contributed by atoms with Crippen molar-refractivity contribution < 1.29 is 4.79 Å². The average molecular weight is 346 g/mol. The van der Waals surface area contributed by atoms with Crippen LogP contribution in [0.25, 0.3) is 0 Å². The summed E-state index contributed by atoms with van der Waals surface area (Å²) in [6.45, 7) is 4.43. The third kappa shape index (κ3) is 4.66. The molecule has 0 saturated carbocycles. The highest BCUT2D eigenvalue weighted by Crippen LogP contribution is 2.15. The van der Waals surface area contributed by atoms with Gasteiger partial charge in [-0.2, -0.15) is 0 Å². The lowest BCUT2D eigenvalue weighted by molar-refractivity contribution is 0.0945. The standard InChI is InChI=1S/C21H22N4O/c1-3-16-9-11-18(12-10-16)24-21-23-15(2)13-19(25-21)20(26)22-14-17-7-5-4-6-8-17/h4-13H,3,14H2,1-2H3,(H,22,26)(H,23,24,25). The molecule has 5 heteroatoms. The number of carbonyl (C=O) groups excluding carboxylic acids is 1. The Morgan fingerprint density at radius 3 is 2.38 bits per heavy atom. The number of hydrogen-bond acceptors (Lipinski definition) is 4. The van der Waals surface area contributed by atoms with Crippen molar-refractivity contribution in [1.29, 1.82) is 0 Å². The Kier molecular flexibility index (Phi) is 5.59. The number of amides is 1. The maximum absolute atomic E-state index is 12.4. The first-order chi connectivity index (χ1) is 12.6. The molecule has 3 rings (SSSR count). The highest BCUT2D eigenvalue weighted by atomic mass is 16.1. The van der Waals surface area contributed by atoms with Gasteiger partial charge in [-0.25, -0.2) is 9.97 Å². The largest absolute Gasteiger partial charge is 0.347 e. The van der Waals surface area contributed by atoms with Gasteiger partial charge in [-0.05, 0) is 42.7 Å². The van der Waals surface area contributed by atoms with E-state index < -0.39 is 0 Å². The minimum Gasteiger partial charge on any atom is -0.347 e. The lowest BCUT2D eigenvalue weighted by Crippen LogP contribution is -2.24. The van der Waals surface area contributed by atoms with E-state index in [0.29, 0.717) is 18.2 Å². The molecule has 2 N–H and O–H groups in total. The van der Waals surface area contributed by atoms with Gasteiger partial charge in [0.1, 0.15) is 5.69 Å². The zero-order valence-electron chi connectivity index (χ0n) is 15.0. The van der Waals surface area contributed by atoms with E-state index in [4.69, 9.17) is 0 Å². The van der Waals surface area contributed by atoms with Gasteiger partial charge in [0.2, 0.25) is 5.95 Å². The van der Waals surface area contributed by atoms with Gasteiger partial charge in [-0.3, -0.25) is 4.79 Å². The molecular weight excluding hydrogens is 324 g/mol. The smallest absolute Gasteiger partial charge is 0.270 e. The maximum atomic E-state index is 12.4. The van der Waals surface area contributed by atoms with Crippen molar-refractivity contribution >= 4 is 17.5 Å². The van der Waals surface area contributed by atoms with Crippen molar-refractivity contribution in [2.24, 2.45) is 0 Å². The number of anilines is 2. The van der Waals surface area contributed by atoms with Crippen LogP contribution in [0.3, 0.4) is 0 Å². The molecule has 0 spiro atoms. The van der Waals surface area contributed by atoms with Crippen molar-refractivity contribution in [3.8, 4) is 0 Å². The fourth-order valence-electron chi connectivity index (χ4n) is 2.56. The van der Waals surface area contributed by atoms with Crippen LogP contribution in [0.15, 0.2) is 60.7 Å². The van der Waals surface area contributed by atoms with E-state index in [-0.39, 0.29) is 5.91 Å². The highest BCUT2D eigenvalue weighted by molar-refractivity contribution is 5.92. The lowest BCUT2D eigenvalue weighted by Gasteiger charge is -2.09. The molecule has 0 unspecified atom stereocenters. The van der Waals surface area contributed by atoms with E-state index >= 15 is 0 Å². The predicted octanol–water partition coefficient (Wildman–Crippen LogP) is 4.02. The number of aromatic nitrogens is 2. The molecule has 0 aliphatic rings. The normalized spacial score (nSPS) is 10.4. The number of rotatable bonds is 6. The molecule has 2 aromatic carbocycles. The second-order valence-corrected chi connectivity index (χ2v) is 6.06. The molecule has 0 atom stereocenters. The van der Waals surface area contributed by atoms with Gasteiger partial charge < -0.3 is 10.6 Å². The van der Waals surface area contributed by atoms with Crippen molar-refractivity contribution in [2.75, 3.05) is 5.32 Å². The first-order valence-electron chi connectivity index (χ1n) is 8.68. The molecule has 0 aliphatic heterocycles. The van der Waals surface area contributed by atoms with E-state index in [1.807, 2.05) is 49.4 Å². The zero-order valence-corrected chi connectivity index (χ0v) is 15.0. The van der Waals surface area contributed by atoms with Crippen LogP contribution < -0.4 is 10.6 Å². The van der Waals surface area contributed by atoms with Crippen LogP contribution in [0.5, 0.6) is 0 Å². The predicted molar refractivity (Wildman–Crippen MR) is 103 cm³/mol.